The van der Waals surface area contributed by atoms with Gasteiger partial charge >= 0.3 is 6.09 Å². The molecule has 0 N–H and O–H groups in total. The van der Waals surface area contributed by atoms with E-state index in [1.165, 1.54) is 0 Å². The number of hydrogen-bond donors (Lipinski definition) is 0. The SMILES string of the molecule is Cc1ccc2c(c1Cl)C(C#N)=CC21CCN(C(=O)OC(C)(C)C)CC1. The molecule has 0 atom stereocenters. The molecule has 0 saturated carbocycles. The lowest BCUT2D eigenvalue weighted by atomic mass is 9.74. The minimum Gasteiger partial charge on any atom is -0.444 e. The Morgan fingerprint density at radius 3 is 2.52 bits per heavy atom. The first kappa shape index (κ1) is 17.8. The zero-order valence-electron chi connectivity index (χ0n) is 15.1. The fourth-order valence-corrected chi connectivity index (χ4v) is 3.97. The van der Waals surface area contributed by atoms with Crippen LogP contribution in [0.1, 0.15) is 50.3 Å². The van der Waals surface area contributed by atoms with Gasteiger partial charge < -0.3 is 9.64 Å². The maximum absolute atomic E-state index is 12.3. The lowest BCUT2D eigenvalue weighted by Crippen LogP contribution is -2.45. The van der Waals surface area contributed by atoms with Gasteiger partial charge in [-0.2, -0.15) is 5.26 Å². The van der Waals surface area contributed by atoms with Crippen molar-refractivity contribution in [3.63, 3.8) is 0 Å². The first-order valence-electron chi connectivity index (χ1n) is 8.58. The standard InChI is InChI=1S/C20H23ClN2O2/c1-13-5-6-15-16(17(13)21)14(12-22)11-20(15)7-9-23(10-8-20)18(24)25-19(2,3)4/h5-6,11H,7-10H2,1-4H3. The molecule has 0 radical (unpaired) electrons. The molecule has 1 amide bonds. The van der Waals surface area contributed by atoms with Crippen LogP contribution >= 0.6 is 11.6 Å². The van der Waals surface area contributed by atoms with Crippen molar-refractivity contribution in [1.82, 2.24) is 4.90 Å². The minimum absolute atomic E-state index is 0.212. The predicted octanol–water partition coefficient (Wildman–Crippen LogP) is 4.84. The molecule has 5 heteroatoms. The lowest BCUT2D eigenvalue weighted by molar-refractivity contribution is 0.0184. The molecule has 1 fully saturated rings. The summed E-state index contributed by atoms with van der Waals surface area (Å²) in [5, 5.41) is 10.2. The van der Waals surface area contributed by atoms with Gasteiger partial charge in [-0.1, -0.05) is 29.8 Å². The molecule has 0 unspecified atom stereocenters. The van der Waals surface area contributed by atoms with E-state index < -0.39 is 5.60 Å². The van der Waals surface area contributed by atoms with E-state index in [9.17, 15) is 10.1 Å². The van der Waals surface area contributed by atoms with Crippen LogP contribution in [0.4, 0.5) is 4.79 Å². The third-order valence-corrected chi connectivity index (χ3v) is 5.48. The highest BCUT2D eigenvalue weighted by molar-refractivity contribution is 6.33. The van der Waals surface area contributed by atoms with Crippen LogP contribution in [0.25, 0.3) is 5.57 Å². The fraction of sp³-hybridized carbons (Fsp3) is 0.500. The number of nitriles is 1. The number of nitrogens with zero attached hydrogens (tertiary/aromatic N) is 2. The van der Waals surface area contributed by atoms with Gasteiger partial charge in [0.25, 0.3) is 0 Å². The van der Waals surface area contributed by atoms with Gasteiger partial charge in [0.15, 0.2) is 0 Å². The van der Waals surface area contributed by atoms with Crippen molar-refractivity contribution in [2.45, 2.75) is 51.6 Å². The molecule has 0 bridgehead atoms. The Morgan fingerprint density at radius 1 is 1.32 bits per heavy atom. The zero-order valence-corrected chi connectivity index (χ0v) is 15.9. The van der Waals surface area contributed by atoms with Crippen LogP contribution in [-0.2, 0) is 10.2 Å². The highest BCUT2D eigenvalue weighted by Gasteiger charge is 2.43. The average Bonchev–Trinajstić information content (AvgIpc) is 2.84. The molecule has 2 aliphatic rings. The smallest absolute Gasteiger partial charge is 0.410 e. The number of allylic oxidation sites excluding steroid dienone is 2. The number of ether oxygens (including phenoxy) is 1. The second kappa shape index (κ2) is 6.07. The summed E-state index contributed by atoms with van der Waals surface area (Å²) in [6.45, 7) is 8.78. The van der Waals surface area contributed by atoms with Gasteiger partial charge in [-0.3, -0.25) is 0 Å². The Hall–Kier alpha value is -1.99. The molecule has 1 aromatic rings. The largest absolute Gasteiger partial charge is 0.444 e. The molecule has 1 aromatic carbocycles. The number of aryl methyl sites for hydroxylation is 1. The quantitative estimate of drug-likeness (QED) is 0.666. The van der Waals surface area contributed by atoms with Gasteiger partial charge in [-0.15, -0.1) is 0 Å². The van der Waals surface area contributed by atoms with Crippen molar-refractivity contribution in [2.24, 2.45) is 0 Å². The summed E-state index contributed by atoms with van der Waals surface area (Å²) >= 11 is 6.49. The Morgan fingerprint density at radius 2 is 1.96 bits per heavy atom. The van der Waals surface area contributed by atoms with Crippen LogP contribution in [0.3, 0.4) is 0 Å². The summed E-state index contributed by atoms with van der Waals surface area (Å²) in [5.41, 5.74) is 2.90. The average molecular weight is 359 g/mol. The van der Waals surface area contributed by atoms with E-state index >= 15 is 0 Å². The van der Waals surface area contributed by atoms with Gasteiger partial charge in [-0.25, -0.2) is 4.79 Å². The molecule has 25 heavy (non-hydrogen) atoms. The Kier molecular flexibility index (Phi) is 4.33. The summed E-state index contributed by atoms with van der Waals surface area (Å²) in [6, 6.07) is 6.39. The van der Waals surface area contributed by atoms with E-state index in [0.29, 0.717) is 23.7 Å². The second-order valence-corrected chi connectivity index (χ2v) is 8.29. The molecule has 3 rings (SSSR count). The molecular weight excluding hydrogens is 336 g/mol. The fourth-order valence-electron chi connectivity index (χ4n) is 3.70. The lowest BCUT2D eigenvalue weighted by Gasteiger charge is -2.39. The molecule has 1 heterocycles. The van der Waals surface area contributed by atoms with Crippen LogP contribution in [0.2, 0.25) is 5.02 Å². The molecule has 4 nitrogen and oxygen atoms in total. The van der Waals surface area contributed by atoms with Crippen molar-refractivity contribution in [3.05, 3.63) is 39.9 Å². The number of piperidine rings is 1. The summed E-state index contributed by atoms with van der Waals surface area (Å²) < 4.78 is 5.47. The number of carbonyl (C=O) groups excluding carboxylic acids is 1. The summed E-state index contributed by atoms with van der Waals surface area (Å²) in [5.74, 6) is 0. The molecule has 1 saturated heterocycles. The summed E-state index contributed by atoms with van der Waals surface area (Å²) in [4.78, 5) is 14.1. The van der Waals surface area contributed by atoms with Gasteiger partial charge in [-0.05, 0) is 51.7 Å². The highest BCUT2D eigenvalue weighted by Crippen LogP contribution is 2.49. The van der Waals surface area contributed by atoms with Crippen molar-refractivity contribution in [2.75, 3.05) is 13.1 Å². The number of rotatable bonds is 0. The normalized spacial score (nSPS) is 18.6. The molecular formula is C20H23ClN2O2. The predicted molar refractivity (Wildman–Crippen MR) is 98.5 cm³/mol. The van der Waals surface area contributed by atoms with Crippen molar-refractivity contribution >= 4 is 23.3 Å². The Labute approximate surface area is 154 Å². The van der Waals surface area contributed by atoms with Crippen molar-refractivity contribution < 1.29 is 9.53 Å². The molecule has 1 aliphatic carbocycles. The van der Waals surface area contributed by atoms with Gasteiger partial charge in [0, 0.05) is 24.1 Å². The minimum atomic E-state index is -0.495. The van der Waals surface area contributed by atoms with Crippen LogP contribution < -0.4 is 0 Å². The molecule has 1 aliphatic heterocycles. The monoisotopic (exact) mass is 358 g/mol. The second-order valence-electron chi connectivity index (χ2n) is 7.91. The zero-order chi connectivity index (χ0) is 18.4. The van der Waals surface area contributed by atoms with Gasteiger partial charge in [0.1, 0.15) is 5.60 Å². The third-order valence-electron chi connectivity index (χ3n) is 4.99. The van der Waals surface area contributed by atoms with E-state index in [1.54, 1.807) is 4.90 Å². The maximum atomic E-state index is 12.3. The third kappa shape index (κ3) is 3.14. The summed E-state index contributed by atoms with van der Waals surface area (Å²) in [6.07, 6.45) is 3.32. The van der Waals surface area contributed by atoms with E-state index in [2.05, 4.69) is 18.2 Å². The first-order valence-corrected chi connectivity index (χ1v) is 8.95. The van der Waals surface area contributed by atoms with E-state index in [0.717, 1.165) is 29.5 Å². The van der Waals surface area contributed by atoms with Crippen LogP contribution in [0, 0.1) is 18.3 Å². The number of carbonyl (C=O) groups is 1. The number of halogens is 1. The topological polar surface area (TPSA) is 53.3 Å². The van der Waals surface area contributed by atoms with Crippen molar-refractivity contribution in [1.29, 1.82) is 5.26 Å². The Bertz CT molecular complexity index is 791. The van der Waals surface area contributed by atoms with Crippen LogP contribution in [0.5, 0.6) is 0 Å². The van der Waals surface area contributed by atoms with Crippen LogP contribution in [0.15, 0.2) is 18.2 Å². The van der Waals surface area contributed by atoms with Gasteiger partial charge in [0.2, 0.25) is 0 Å². The summed E-state index contributed by atoms with van der Waals surface area (Å²) in [7, 11) is 0. The number of hydrogen-bond acceptors (Lipinski definition) is 3. The van der Waals surface area contributed by atoms with E-state index in [1.807, 2.05) is 33.8 Å². The van der Waals surface area contributed by atoms with E-state index in [-0.39, 0.29) is 11.5 Å². The number of benzene rings is 1. The van der Waals surface area contributed by atoms with E-state index in [4.69, 9.17) is 16.3 Å². The molecule has 1 spiro atoms. The molecule has 0 aromatic heterocycles. The first-order chi connectivity index (χ1) is 11.7. The number of likely N-dealkylation sites (tertiary alicyclic amines) is 1. The van der Waals surface area contributed by atoms with Crippen LogP contribution in [-0.4, -0.2) is 29.7 Å². The Balaban J connectivity index is 1.86. The van der Waals surface area contributed by atoms with Gasteiger partial charge in [0.05, 0.1) is 16.7 Å². The molecule has 132 valence electrons. The highest BCUT2D eigenvalue weighted by atomic mass is 35.5. The van der Waals surface area contributed by atoms with Crippen molar-refractivity contribution in [3.8, 4) is 6.07 Å². The maximum Gasteiger partial charge on any atom is 0.410 e. The number of amides is 1. The number of fused-ring (bicyclic) bond motifs is 2.